The number of benzene rings is 1. The maximum Gasteiger partial charge on any atom is 0.0635 e. The van der Waals surface area contributed by atoms with Gasteiger partial charge in [0.05, 0.1) is 12.7 Å². The molecule has 0 heterocycles. The van der Waals surface area contributed by atoms with Crippen molar-refractivity contribution in [3.05, 3.63) is 35.4 Å². The van der Waals surface area contributed by atoms with Gasteiger partial charge in [0.15, 0.2) is 0 Å². The summed E-state index contributed by atoms with van der Waals surface area (Å²) in [5.41, 5.74) is 2.82. The van der Waals surface area contributed by atoms with Crippen molar-refractivity contribution >= 4 is 0 Å². The molecule has 0 radical (unpaired) electrons. The van der Waals surface area contributed by atoms with Crippen LogP contribution in [0, 0.1) is 11.3 Å². The van der Waals surface area contributed by atoms with Crippen LogP contribution in [0.25, 0.3) is 0 Å². The van der Waals surface area contributed by atoms with E-state index in [9.17, 15) is 0 Å². The van der Waals surface area contributed by atoms with Gasteiger partial charge in [-0.2, -0.15) is 5.26 Å². The zero-order chi connectivity index (χ0) is 15.0. The lowest BCUT2D eigenvalue weighted by Gasteiger charge is -2.22. The maximum atomic E-state index is 8.72. The minimum absolute atomic E-state index is 0.190. The predicted molar refractivity (Wildman–Crippen MR) is 82.5 cm³/mol. The molecule has 0 saturated heterocycles. The highest BCUT2D eigenvalue weighted by Gasteiger charge is 2.13. The summed E-state index contributed by atoms with van der Waals surface area (Å²) in [6.45, 7) is 9.89. The minimum atomic E-state index is 0.190. The summed E-state index contributed by atoms with van der Waals surface area (Å²) in [6, 6.07) is 11.0. The molecule has 0 aliphatic carbocycles. The molecule has 110 valence electrons. The first-order valence-electron chi connectivity index (χ1n) is 7.15. The second-order valence-corrected chi connectivity index (χ2v) is 6.12. The topological polar surface area (TPSA) is 36.3 Å². The van der Waals surface area contributed by atoms with Crippen LogP contribution >= 0.6 is 0 Å². The Bertz CT molecular complexity index is 426. The van der Waals surface area contributed by atoms with Gasteiger partial charge in [0.25, 0.3) is 0 Å². The fourth-order valence-electron chi connectivity index (χ4n) is 2.07. The van der Waals surface area contributed by atoms with E-state index in [1.54, 1.807) is 7.11 Å². The molecule has 0 amide bonds. The van der Waals surface area contributed by atoms with Crippen LogP contribution in [0.5, 0.6) is 0 Å². The Labute approximate surface area is 123 Å². The molecule has 0 bridgehead atoms. The lowest BCUT2D eigenvalue weighted by molar-refractivity contribution is 0.145. The van der Waals surface area contributed by atoms with Gasteiger partial charge in [-0.05, 0) is 16.5 Å². The number of nitrogens with zero attached hydrogens (tertiary/aromatic N) is 2. The van der Waals surface area contributed by atoms with Crippen molar-refractivity contribution < 1.29 is 4.74 Å². The molecule has 0 unspecified atom stereocenters. The molecule has 3 nitrogen and oxygen atoms in total. The van der Waals surface area contributed by atoms with Gasteiger partial charge in [-0.25, -0.2) is 0 Å². The molecule has 0 fully saturated rings. The van der Waals surface area contributed by atoms with Crippen molar-refractivity contribution in [1.29, 1.82) is 5.26 Å². The summed E-state index contributed by atoms with van der Waals surface area (Å²) in [4.78, 5) is 2.26. The average Bonchev–Trinajstić information content (AvgIpc) is 2.41. The van der Waals surface area contributed by atoms with Crippen LogP contribution in [0.15, 0.2) is 24.3 Å². The third-order valence-corrected chi connectivity index (χ3v) is 3.38. The van der Waals surface area contributed by atoms with Crippen molar-refractivity contribution in [2.24, 2.45) is 0 Å². The van der Waals surface area contributed by atoms with E-state index in [4.69, 9.17) is 10.00 Å². The lowest BCUT2D eigenvalue weighted by atomic mass is 9.87. The van der Waals surface area contributed by atoms with E-state index in [0.29, 0.717) is 13.0 Å². The van der Waals surface area contributed by atoms with E-state index in [1.807, 2.05) is 0 Å². The van der Waals surface area contributed by atoms with E-state index in [0.717, 1.165) is 19.6 Å². The van der Waals surface area contributed by atoms with Crippen LogP contribution in [-0.2, 0) is 16.7 Å². The Morgan fingerprint density at radius 1 is 1.15 bits per heavy atom. The molecular formula is C17H26N2O. The lowest BCUT2D eigenvalue weighted by Crippen LogP contribution is -2.28. The predicted octanol–water partition coefficient (Wildman–Crippen LogP) is 3.35. The van der Waals surface area contributed by atoms with E-state index in [1.165, 1.54) is 11.1 Å². The Hall–Kier alpha value is -1.37. The van der Waals surface area contributed by atoms with Gasteiger partial charge in [0.2, 0.25) is 0 Å². The van der Waals surface area contributed by atoms with E-state index < -0.39 is 0 Å². The highest BCUT2D eigenvalue weighted by molar-refractivity contribution is 5.27. The van der Waals surface area contributed by atoms with Crippen LogP contribution in [0.3, 0.4) is 0 Å². The smallest absolute Gasteiger partial charge is 0.0635 e. The highest BCUT2D eigenvalue weighted by Crippen LogP contribution is 2.22. The first kappa shape index (κ1) is 16.7. The van der Waals surface area contributed by atoms with Crippen molar-refractivity contribution in [2.45, 2.75) is 39.2 Å². The first-order chi connectivity index (χ1) is 9.47. The number of hydrogen-bond donors (Lipinski definition) is 0. The molecule has 1 rings (SSSR count). The number of ether oxygens (including phenoxy) is 1. The molecule has 0 N–H and O–H groups in total. The van der Waals surface area contributed by atoms with Gasteiger partial charge < -0.3 is 4.74 Å². The van der Waals surface area contributed by atoms with Gasteiger partial charge in [-0.3, -0.25) is 4.90 Å². The number of methoxy groups -OCH3 is 1. The van der Waals surface area contributed by atoms with E-state index >= 15 is 0 Å². The molecule has 0 aliphatic rings. The second-order valence-electron chi connectivity index (χ2n) is 6.12. The largest absolute Gasteiger partial charge is 0.383 e. The van der Waals surface area contributed by atoms with Crippen molar-refractivity contribution in [3.63, 3.8) is 0 Å². The fourth-order valence-corrected chi connectivity index (χ4v) is 2.07. The van der Waals surface area contributed by atoms with Crippen LogP contribution in [0.4, 0.5) is 0 Å². The Morgan fingerprint density at radius 3 is 2.30 bits per heavy atom. The third kappa shape index (κ3) is 5.73. The summed E-state index contributed by atoms with van der Waals surface area (Å²) in [7, 11) is 1.71. The normalized spacial score (nSPS) is 11.6. The summed E-state index contributed by atoms with van der Waals surface area (Å²) in [5, 5.41) is 8.72. The number of nitriles is 1. The first-order valence-corrected chi connectivity index (χ1v) is 7.15. The van der Waals surface area contributed by atoms with Crippen molar-refractivity contribution in [3.8, 4) is 6.07 Å². The van der Waals surface area contributed by atoms with Crippen LogP contribution in [-0.4, -0.2) is 31.7 Å². The second kappa shape index (κ2) is 8.04. The molecule has 0 aliphatic heterocycles. The Kier molecular flexibility index (Phi) is 6.70. The van der Waals surface area contributed by atoms with Crippen LogP contribution < -0.4 is 0 Å². The van der Waals surface area contributed by atoms with Gasteiger partial charge >= 0.3 is 0 Å². The number of rotatable bonds is 7. The summed E-state index contributed by atoms with van der Waals surface area (Å²) in [6.07, 6.45) is 0.559. The fraction of sp³-hybridized carbons (Fsp3) is 0.588. The Balaban J connectivity index is 2.65. The third-order valence-electron chi connectivity index (χ3n) is 3.38. The molecule has 20 heavy (non-hydrogen) atoms. The minimum Gasteiger partial charge on any atom is -0.383 e. The summed E-state index contributed by atoms with van der Waals surface area (Å²) >= 11 is 0. The van der Waals surface area contributed by atoms with Gasteiger partial charge in [-0.1, -0.05) is 45.0 Å². The summed E-state index contributed by atoms with van der Waals surface area (Å²) in [5.74, 6) is 0. The monoisotopic (exact) mass is 274 g/mol. The van der Waals surface area contributed by atoms with Crippen LogP contribution in [0.1, 0.15) is 38.3 Å². The molecule has 0 atom stereocenters. The standard InChI is InChI=1S/C17H26N2O/c1-17(2,3)16-8-6-15(7-9-16)14-19(11-5-10-18)12-13-20-4/h6-9H,5,11-14H2,1-4H3. The van der Waals surface area contributed by atoms with E-state index in [-0.39, 0.29) is 5.41 Å². The quantitative estimate of drug-likeness (QED) is 0.765. The van der Waals surface area contributed by atoms with Gasteiger partial charge in [0.1, 0.15) is 0 Å². The molecule has 0 saturated carbocycles. The van der Waals surface area contributed by atoms with Crippen LogP contribution in [0.2, 0.25) is 0 Å². The Morgan fingerprint density at radius 2 is 1.80 bits per heavy atom. The summed E-state index contributed by atoms with van der Waals surface area (Å²) < 4.78 is 5.13. The van der Waals surface area contributed by atoms with Gasteiger partial charge in [0, 0.05) is 33.2 Å². The van der Waals surface area contributed by atoms with Gasteiger partial charge in [-0.15, -0.1) is 0 Å². The molecule has 0 aromatic heterocycles. The van der Waals surface area contributed by atoms with Crippen molar-refractivity contribution in [1.82, 2.24) is 4.90 Å². The maximum absolute atomic E-state index is 8.72. The molecule has 1 aromatic rings. The molecule has 0 spiro atoms. The SMILES string of the molecule is COCCN(CCC#N)Cc1ccc(C(C)(C)C)cc1. The number of hydrogen-bond acceptors (Lipinski definition) is 3. The zero-order valence-electron chi connectivity index (χ0n) is 13.1. The molecule has 3 heteroatoms. The van der Waals surface area contributed by atoms with E-state index in [2.05, 4.69) is 56.0 Å². The highest BCUT2D eigenvalue weighted by atomic mass is 16.5. The average molecular weight is 274 g/mol. The van der Waals surface area contributed by atoms with Crippen molar-refractivity contribution in [2.75, 3.05) is 26.8 Å². The molecular weight excluding hydrogens is 248 g/mol. The molecule has 1 aromatic carbocycles. The zero-order valence-corrected chi connectivity index (χ0v) is 13.1.